The van der Waals surface area contributed by atoms with E-state index in [4.69, 9.17) is 4.74 Å². The van der Waals surface area contributed by atoms with E-state index in [-0.39, 0.29) is 11.9 Å². The molecule has 0 spiro atoms. The number of alkyl halides is 3. The second-order valence-corrected chi connectivity index (χ2v) is 3.71. The van der Waals surface area contributed by atoms with Gasteiger partial charge in [0.1, 0.15) is 12.2 Å². The summed E-state index contributed by atoms with van der Waals surface area (Å²) in [6, 6.07) is 4.68. The fourth-order valence-corrected chi connectivity index (χ4v) is 1.54. The second kappa shape index (κ2) is 3.59. The van der Waals surface area contributed by atoms with E-state index in [9.17, 15) is 18.0 Å². The molecule has 2 atom stereocenters. The molecule has 0 bridgehead atoms. The largest absolute Gasteiger partial charge is 0.416 e. The molecule has 1 aliphatic heterocycles. The molecule has 2 nitrogen and oxygen atoms in total. The van der Waals surface area contributed by atoms with Gasteiger partial charge in [0.05, 0.1) is 5.56 Å². The van der Waals surface area contributed by atoms with Gasteiger partial charge in [0.25, 0.3) is 0 Å². The molecule has 1 aliphatic rings. The molecule has 0 N–H and O–H groups in total. The first kappa shape index (κ1) is 11.1. The highest BCUT2D eigenvalue weighted by Crippen LogP contribution is 2.40. The van der Waals surface area contributed by atoms with Crippen LogP contribution >= 0.6 is 0 Å². The number of Topliss-reactive ketones (excluding diaryl/α,β-unsaturated/α-hetero) is 1. The van der Waals surface area contributed by atoms with Crippen LogP contribution in [0.3, 0.4) is 0 Å². The summed E-state index contributed by atoms with van der Waals surface area (Å²) in [5.41, 5.74) is -0.0931. The number of rotatable bonds is 2. The van der Waals surface area contributed by atoms with Crippen LogP contribution in [0.25, 0.3) is 0 Å². The van der Waals surface area contributed by atoms with Gasteiger partial charge < -0.3 is 4.74 Å². The Morgan fingerprint density at radius 1 is 1.25 bits per heavy atom. The first-order valence-corrected chi connectivity index (χ1v) is 4.72. The maximum absolute atomic E-state index is 12.3. The molecule has 0 amide bonds. The van der Waals surface area contributed by atoms with Gasteiger partial charge in [-0.15, -0.1) is 0 Å². The molecule has 0 saturated carbocycles. The minimum Gasteiger partial charge on any atom is -0.356 e. The maximum atomic E-state index is 12.3. The number of halogens is 3. The zero-order chi connectivity index (χ0) is 11.9. The molecular weight excluding hydrogens is 221 g/mol. The first-order valence-electron chi connectivity index (χ1n) is 4.72. The average Bonchev–Trinajstić information content (AvgIpc) is 2.96. The summed E-state index contributed by atoms with van der Waals surface area (Å²) < 4.78 is 41.8. The number of benzene rings is 1. The SMILES string of the molecule is CC(=O)[C@@H]1O[C@H]1c1ccc(C(F)(F)F)cc1. The summed E-state index contributed by atoms with van der Waals surface area (Å²) in [5.74, 6) is -0.107. The van der Waals surface area contributed by atoms with Gasteiger partial charge in [-0.25, -0.2) is 0 Å². The van der Waals surface area contributed by atoms with Crippen molar-refractivity contribution < 1.29 is 22.7 Å². The van der Waals surface area contributed by atoms with Gasteiger partial charge in [0, 0.05) is 0 Å². The minimum absolute atomic E-state index is 0.107. The van der Waals surface area contributed by atoms with Gasteiger partial charge in [-0.2, -0.15) is 13.2 Å². The molecule has 5 heteroatoms. The van der Waals surface area contributed by atoms with Crippen molar-refractivity contribution >= 4 is 5.78 Å². The summed E-state index contributed by atoms with van der Waals surface area (Å²) in [7, 11) is 0. The van der Waals surface area contributed by atoms with Crippen LogP contribution < -0.4 is 0 Å². The van der Waals surface area contributed by atoms with Gasteiger partial charge in [0.2, 0.25) is 0 Å². The Labute approximate surface area is 90.0 Å². The van der Waals surface area contributed by atoms with Crippen LogP contribution in [0.2, 0.25) is 0 Å². The van der Waals surface area contributed by atoms with E-state index in [0.717, 1.165) is 12.1 Å². The minimum atomic E-state index is -4.33. The van der Waals surface area contributed by atoms with Crippen LogP contribution in [0.15, 0.2) is 24.3 Å². The molecule has 0 aliphatic carbocycles. The van der Waals surface area contributed by atoms with Crippen molar-refractivity contribution in [1.29, 1.82) is 0 Å². The molecule has 0 unspecified atom stereocenters. The Bertz CT molecular complexity index is 408. The van der Waals surface area contributed by atoms with Gasteiger partial charge in [-0.1, -0.05) is 12.1 Å². The molecular formula is C11H9F3O2. The lowest BCUT2D eigenvalue weighted by Crippen LogP contribution is -2.05. The number of ether oxygens (including phenoxy) is 1. The highest BCUT2D eigenvalue weighted by molar-refractivity contribution is 5.83. The monoisotopic (exact) mass is 230 g/mol. The third-order valence-corrected chi connectivity index (χ3v) is 2.46. The Hall–Kier alpha value is -1.36. The highest BCUT2D eigenvalue weighted by Gasteiger charge is 2.44. The maximum Gasteiger partial charge on any atom is 0.416 e. The quantitative estimate of drug-likeness (QED) is 0.731. The van der Waals surface area contributed by atoms with Crippen LogP contribution in [-0.2, 0) is 15.7 Å². The molecule has 1 aromatic rings. The highest BCUT2D eigenvalue weighted by atomic mass is 19.4. The zero-order valence-corrected chi connectivity index (χ0v) is 8.41. The normalized spacial score (nSPS) is 24.2. The van der Waals surface area contributed by atoms with E-state index in [1.54, 1.807) is 0 Å². The molecule has 16 heavy (non-hydrogen) atoms. The smallest absolute Gasteiger partial charge is 0.356 e. The molecule has 1 heterocycles. The van der Waals surface area contributed by atoms with Crippen molar-refractivity contribution in [2.24, 2.45) is 0 Å². The topological polar surface area (TPSA) is 29.6 Å². The van der Waals surface area contributed by atoms with E-state index in [1.807, 2.05) is 0 Å². The zero-order valence-electron chi connectivity index (χ0n) is 8.41. The Morgan fingerprint density at radius 3 is 2.19 bits per heavy atom. The van der Waals surface area contributed by atoms with Crippen molar-refractivity contribution in [3.63, 3.8) is 0 Å². The lowest BCUT2D eigenvalue weighted by Gasteiger charge is -2.06. The summed E-state index contributed by atoms with van der Waals surface area (Å²) in [4.78, 5) is 10.9. The van der Waals surface area contributed by atoms with Gasteiger partial charge in [-0.3, -0.25) is 4.79 Å². The fraction of sp³-hybridized carbons (Fsp3) is 0.364. The number of hydrogen-bond donors (Lipinski definition) is 0. The Morgan fingerprint density at radius 2 is 1.81 bits per heavy atom. The number of carbonyl (C=O) groups excluding carboxylic acids is 1. The molecule has 0 aromatic heterocycles. The van der Waals surface area contributed by atoms with E-state index in [1.165, 1.54) is 19.1 Å². The van der Waals surface area contributed by atoms with Crippen LogP contribution in [0, 0.1) is 0 Å². The van der Waals surface area contributed by atoms with Crippen LogP contribution in [0.4, 0.5) is 13.2 Å². The molecule has 1 aromatic carbocycles. The fourth-order valence-electron chi connectivity index (χ4n) is 1.54. The van der Waals surface area contributed by atoms with Crippen molar-refractivity contribution in [2.45, 2.75) is 25.3 Å². The number of carbonyl (C=O) groups is 1. The first-order chi connectivity index (χ1) is 7.39. The summed E-state index contributed by atoms with van der Waals surface area (Å²) in [6.45, 7) is 1.40. The number of epoxide rings is 1. The summed E-state index contributed by atoms with van der Waals surface area (Å²) in [5, 5.41) is 0. The third kappa shape index (κ3) is 2.09. The molecule has 1 saturated heterocycles. The van der Waals surface area contributed by atoms with Crippen molar-refractivity contribution in [2.75, 3.05) is 0 Å². The average molecular weight is 230 g/mol. The lowest BCUT2D eigenvalue weighted by atomic mass is 10.1. The Balaban J connectivity index is 2.13. The number of ketones is 1. The van der Waals surface area contributed by atoms with Gasteiger partial charge >= 0.3 is 6.18 Å². The second-order valence-electron chi connectivity index (χ2n) is 3.71. The summed E-state index contributed by atoms with van der Waals surface area (Å²) >= 11 is 0. The predicted molar refractivity (Wildman–Crippen MR) is 49.7 cm³/mol. The van der Waals surface area contributed by atoms with Crippen LogP contribution in [0.5, 0.6) is 0 Å². The lowest BCUT2D eigenvalue weighted by molar-refractivity contribution is -0.137. The molecule has 86 valence electrons. The Kier molecular flexibility index (Phi) is 2.50. The molecule has 0 radical (unpaired) electrons. The number of hydrogen-bond acceptors (Lipinski definition) is 2. The third-order valence-electron chi connectivity index (χ3n) is 2.46. The van der Waals surface area contributed by atoms with E-state index >= 15 is 0 Å². The van der Waals surface area contributed by atoms with Crippen LogP contribution in [-0.4, -0.2) is 11.9 Å². The van der Waals surface area contributed by atoms with Crippen molar-refractivity contribution in [1.82, 2.24) is 0 Å². The van der Waals surface area contributed by atoms with Crippen molar-refractivity contribution in [3.8, 4) is 0 Å². The summed E-state index contributed by atoms with van der Waals surface area (Å²) in [6.07, 6.45) is -5.19. The standard InChI is InChI=1S/C11H9F3O2/c1-6(15)9-10(16-9)7-2-4-8(5-3-7)11(12,13)14/h2-5,9-10H,1H3/t9-,10-/m0/s1. The van der Waals surface area contributed by atoms with Crippen LogP contribution in [0.1, 0.15) is 24.2 Å². The predicted octanol–water partition coefficient (Wildman–Crippen LogP) is 2.73. The molecule has 2 rings (SSSR count). The molecule has 1 fully saturated rings. The van der Waals surface area contributed by atoms with Gasteiger partial charge in [-0.05, 0) is 24.6 Å². The van der Waals surface area contributed by atoms with Gasteiger partial charge in [0.15, 0.2) is 5.78 Å². The van der Waals surface area contributed by atoms with E-state index < -0.39 is 17.8 Å². The van der Waals surface area contributed by atoms with E-state index in [2.05, 4.69) is 0 Å². The van der Waals surface area contributed by atoms with E-state index in [0.29, 0.717) is 5.56 Å². The van der Waals surface area contributed by atoms with Crippen molar-refractivity contribution in [3.05, 3.63) is 35.4 Å².